The van der Waals surface area contributed by atoms with Crippen molar-refractivity contribution in [3.63, 3.8) is 0 Å². The highest BCUT2D eigenvalue weighted by Crippen LogP contribution is 2.34. The number of hydrogen-bond donors (Lipinski definition) is 1. The zero-order chi connectivity index (χ0) is 22.5. The van der Waals surface area contributed by atoms with Crippen LogP contribution in [0.25, 0.3) is 22.2 Å². The predicted octanol–water partition coefficient (Wildman–Crippen LogP) is 6.89. The van der Waals surface area contributed by atoms with E-state index in [0.717, 1.165) is 23.8 Å². The average molecular weight is 443 g/mol. The first-order valence-corrected chi connectivity index (χ1v) is 10.8. The van der Waals surface area contributed by atoms with Crippen molar-refractivity contribution >= 4 is 40.1 Å². The summed E-state index contributed by atoms with van der Waals surface area (Å²) in [6, 6.07) is 5.40. The Morgan fingerprint density at radius 1 is 1.16 bits per heavy atom. The van der Waals surface area contributed by atoms with E-state index < -0.39 is 0 Å². The molecule has 2 aliphatic rings. The molecule has 1 aromatic carbocycles. The van der Waals surface area contributed by atoms with Crippen molar-refractivity contribution < 1.29 is 4.84 Å². The third-order valence-corrected chi connectivity index (χ3v) is 5.50. The van der Waals surface area contributed by atoms with E-state index in [1.807, 2.05) is 18.2 Å². The van der Waals surface area contributed by atoms with E-state index in [-0.39, 0.29) is 11.3 Å². The number of pyridine rings is 1. The van der Waals surface area contributed by atoms with E-state index in [2.05, 4.69) is 59.3 Å². The van der Waals surface area contributed by atoms with Gasteiger partial charge in [-0.25, -0.2) is 0 Å². The number of allylic oxidation sites excluding steroid dienone is 12. The molecule has 0 bridgehead atoms. The van der Waals surface area contributed by atoms with E-state index in [0.29, 0.717) is 21.7 Å². The summed E-state index contributed by atoms with van der Waals surface area (Å²) in [6.45, 7) is 5.68. The number of fused-ring (bicyclic) bond motifs is 1. The van der Waals surface area contributed by atoms with Crippen molar-refractivity contribution in [2.45, 2.75) is 19.8 Å². The van der Waals surface area contributed by atoms with Crippen LogP contribution in [0.3, 0.4) is 0 Å². The summed E-state index contributed by atoms with van der Waals surface area (Å²) in [5, 5.41) is 5.18. The molecule has 0 atom stereocenters. The molecule has 1 N–H and O–H groups in total. The highest BCUT2D eigenvalue weighted by molar-refractivity contribution is 6.31. The summed E-state index contributed by atoms with van der Waals surface area (Å²) < 4.78 is 0. The molecule has 2 aromatic rings. The van der Waals surface area contributed by atoms with Gasteiger partial charge in [0.15, 0.2) is 5.76 Å². The van der Waals surface area contributed by atoms with Crippen LogP contribution in [0.4, 0.5) is 0 Å². The SMILES string of the molecule is C=C(O/N=C/C)c1c(C2=CC=C(C3=CC=CCC=C3)CC=C2)c2cc(Cl)ccc2[nH]c1=O. The molecule has 2 aliphatic carbocycles. The van der Waals surface area contributed by atoms with Crippen molar-refractivity contribution in [3.05, 3.63) is 117 Å². The van der Waals surface area contributed by atoms with Gasteiger partial charge in [0.25, 0.3) is 5.56 Å². The summed E-state index contributed by atoms with van der Waals surface area (Å²) in [4.78, 5) is 21.3. The molecule has 0 radical (unpaired) electrons. The third kappa shape index (κ3) is 4.51. The third-order valence-electron chi connectivity index (χ3n) is 5.26. The van der Waals surface area contributed by atoms with Gasteiger partial charge < -0.3 is 9.82 Å². The second-order valence-electron chi connectivity index (χ2n) is 7.38. The quantitative estimate of drug-likeness (QED) is 0.311. The van der Waals surface area contributed by atoms with Crippen LogP contribution in [-0.2, 0) is 4.84 Å². The van der Waals surface area contributed by atoms with Crippen molar-refractivity contribution in [2.24, 2.45) is 5.16 Å². The lowest BCUT2D eigenvalue weighted by molar-refractivity contribution is 0.300. The molecule has 160 valence electrons. The lowest BCUT2D eigenvalue weighted by Crippen LogP contribution is -2.15. The Labute approximate surface area is 191 Å². The van der Waals surface area contributed by atoms with E-state index in [9.17, 15) is 4.79 Å². The normalized spacial score (nSPS) is 15.9. The van der Waals surface area contributed by atoms with Gasteiger partial charge in [-0.1, -0.05) is 78.0 Å². The highest BCUT2D eigenvalue weighted by atomic mass is 35.5. The summed E-state index contributed by atoms with van der Waals surface area (Å²) in [6.07, 6.45) is 22.1. The largest absolute Gasteiger partial charge is 0.357 e. The second kappa shape index (κ2) is 9.67. The fraction of sp³-hybridized carbons (Fsp3) is 0.111. The van der Waals surface area contributed by atoms with Crippen molar-refractivity contribution in [1.29, 1.82) is 0 Å². The fourth-order valence-corrected chi connectivity index (χ4v) is 3.97. The van der Waals surface area contributed by atoms with E-state index in [1.54, 1.807) is 19.1 Å². The first-order chi connectivity index (χ1) is 15.6. The molecule has 0 spiro atoms. The molecule has 0 saturated carbocycles. The monoisotopic (exact) mass is 442 g/mol. The number of rotatable bonds is 5. The maximum atomic E-state index is 13.0. The molecule has 0 fully saturated rings. The van der Waals surface area contributed by atoms with Crippen molar-refractivity contribution in [2.75, 3.05) is 0 Å². The summed E-state index contributed by atoms with van der Waals surface area (Å²) >= 11 is 6.32. The molecule has 0 unspecified atom stereocenters. The Balaban J connectivity index is 1.93. The van der Waals surface area contributed by atoms with Crippen molar-refractivity contribution in [3.8, 4) is 0 Å². The van der Waals surface area contributed by atoms with Gasteiger partial charge in [0.2, 0.25) is 0 Å². The molecular formula is C27H23ClN2O2. The van der Waals surface area contributed by atoms with Crippen LogP contribution in [0.5, 0.6) is 0 Å². The maximum Gasteiger partial charge on any atom is 0.260 e. The Morgan fingerprint density at radius 3 is 2.84 bits per heavy atom. The minimum atomic E-state index is -0.298. The standard InChI is InChI=1S/C27H23ClN2O2/c1-3-29-32-18(2)25-26(23-17-22(28)15-16-24(23)30-27(25)31)21-12-8-11-20(13-14-21)19-9-6-4-5-7-10-19/h3-4,6-10,12-17H,2,5,11H2,1H3,(H,30,31)/b29-3+. The van der Waals surface area contributed by atoms with Gasteiger partial charge in [-0.3, -0.25) is 4.79 Å². The molecular weight excluding hydrogens is 420 g/mol. The Bertz CT molecular complexity index is 1350. The first-order valence-electron chi connectivity index (χ1n) is 10.4. The molecule has 5 heteroatoms. The number of nitrogens with one attached hydrogen (secondary N) is 1. The zero-order valence-corrected chi connectivity index (χ0v) is 18.5. The summed E-state index contributed by atoms with van der Waals surface area (Å²) in [5.74, 6) is 0.170. The number of H-pyrrole nitrogens is 1. The molecule has 1 heterocycles. The predicted molar refractivity (Wildman–Crippen MR) is 135 cm³/mol. The Hall–Kier alpha value is -3.63. The first kappa shape index (κ1) is 21.6. The Morgan fingerprint density at radius 2 is 2.00 bits per heavy atom. The van der Waals surface area contributed by atoms with Gasteiger partial charge >= 0.3 is 0 Å². The van der Waals surface area contributed by atoms with Gasteiger partial charge in [0.05, 0.1) is 5.56 Å². The molecule has 4 nitrogen and oxygen atoms in total. The minimum absolute atomic E-state index is 0.170. The van der Waals surface area contributed by atoms with Crippen LogP contribution in [0, 0.1) is 0 Å². The van der Waals surface area contributed by atoms with Gasteiger partial charge in [-0.15, -0.1) is 0 Å². The molecule has 32 heavy (non-hydrogen) atoms. The van der Waals surface area contributed by atoms with Crippen LogP contribution >= 0.6 is 11.6 Å². The van der Waals surface area contributed by atoms with Gasteiger partial charge in [0, 0.05) is 27.7 Å². The maximum absolute atomic E-state index is 13.0. The summed E-state index contributed by atoms with van der Waals surface area (Å²) in [7, 11) is 0. The van der Waals surface area contributed by atoms with Gasteiger partial charge in [-0.05, 0) is 54.7 Å². The number of aromatic amines is 1. The minimum Gasteiger partial charge on any atom is -0.357 e. The van der Waals surface area contributed by atoms with Crippen LogP contribution in [0.15, 0.2) is 101 Å². The van der Waals surface area contributed by atoms with Crippen LogP contribution in [0.2, 0.25) is 5.02 Å². The Kier molecular flexibility index (Phi) is 6.52. The topological polar surface area (TPSA) is 54.4 Å². The summed E-state index contributed by atoms with van der Waals surface area (Å²) in [5.41, 5.74) is 4.66. The second-order valence-corrected chi connectivity index (χ2v) is 7.82. The molecule has 4 rings (SSSR count). The number of benzene rings is 1. The fourth-order valence-electron chi connectivity index (χ4n) is 3.79. The van der Waals surface area contributed by atoms with E-state index in [1.165, 1.54) is 17.4 Å². The molecule has 1 aromatic heterocycles. The van der Waals surface area contributed by atoms with Crippen LogP contribution in [0.1, 0.15) is 30.9 Å². The van der Waals surface area contributed by atoms with Gasteiger partial charge in [0.1, 0.15) is 0 Å². The number of halogens is 1. The smallest absolute Gasteiger partial charge is 0.260 e. The molecule has 0 amide bonds. The van der Waals surface area contributed by atoms with Crippen LogP contribution < -0.4 is 5.56 Å². The number of hydrogen-bond acceptors (Lipinski definition) is 3. The van der Waals surface area contributed by atoms with Crippen LogP contribution in [-0.4, -0.2) is 11.2 Å². The average Bonchev–Trinajstić information content (AvgIpc) is 3.20. The lowest BCUT2D eigenvalue weighted by atomic mass is 9.94. The molecule has 0 saturated heterocycles. The van der Waals surface area contributed by atoms with E-state index in [4.69, 9.17) is 16.4 Å². The van der Waals surface area contributed by atoms with Crippen molar-refractivity contribution in [1.82, 2.24) is 4.98 Å². The number of nitrogens with zero attached hydrogens (tertiary/aromatic N) is 1. The van der Waals surface area contributed by atoms with Gasteiger partial charge in [-0.2, -0.15) is 0 Å². The number of aromatic nitrogens is 1. The molecule has 0 aliphatic heterocycles. The number of oxime groups is 1. The lowest BCUT2D eigenvalue weighted by Gasteiger charge is -2.14. The highest BCUT2D eigenvalue weighted by Gasteiger charge is 2.20. The zero-order valence-electron chi connectivity index (χ0n) is 17.8. The van der Waals surface area contributed by atoms with E-state index >= 15 is 0 Å².